The van der Waals surface area contributed by atoms with Gasteiger partial charge in [0.15, 0.2) is 0 Å². The van der Waals surface area contributed by atoms with E-state index in [1.165, 1.54) is 4.90 Å². The molecular formula is C21H18N2OS3. The van der Waals surface area contributed by atoms with Crippen molar-refractivity contribution >= 4 is 55.6 Å². The number of aromatic nitrogens is 1. The minimum Gasteiger partial charge on any atom is -0.317 e. The van der Waals surface area contributed by atoms with Crippen molar-refractivity contribution in [1.82, 2.24) is 4.98 Å². The van der Waals surface area contributed by atoms with Gasteiger partial charge < -0.3 is 5.32 Å². The Morgan fingerprint density at radius 2 is 1.85 bits per heavy atom. The first-order valence-corrected chi connectivity index (χ1v) is 11.4. The quantitative estimate of drug-likeness (QED) is 0.278. The molecule has 2 aromatic heterocycles. The molecule has 27 heavy (non-hydrogen) atoms. The highest BCUT2D eigenvalue weighted by Gasteiger charge is 2.14. The largest absolute Gasteiger partial charge is 0.317 e. The molecule has 0 atom stereocenters. The fourth-order valence-electron chi connectivity index (χ4n) is 2.69. The summed E-state index contributed by atoms with van der Waals surface area (Å²) in [5.41, 5.74) is 2.01. The minimum absolute atomic E-state index is 0.0634. The maximum absolute atomic E-state index is 12.3. The van der Waals surface area contributed by atoms with Gasteiger partial charge in [-0.05, 0) is 47.9 Å². The monoisotopic (exact) mass is 410 g/mol. The molecule has 0 bridgehead atoms. The molecule has 0 saturated carbocycles. The fraction of sp³-hybridized carbons (Fsp3) is 0.143. The fourth-order valence-corrected chi connectivity index (χ4v) is 5.43. The molecule has 2 heterocycles. The van der Waals surface area contributed by atoms with E-state index in [0.29, 0.717) is 6.42 Å². The van der Waals surface area contributed by atoms with Crippen LogP contribution in [0.25, 0.3) is 20.8 Å². The number of carbonyl (C=O) groups is 1. The Morgan fingerprint density at radius 1 is 1.04 bits per heavy atom. The van der Waals surface area contributed by atoms with Gasteiger partial charge in [0, 0.05) is 16.9 Å². The molecule has 0 aliphatic heterocycles. The van der Waals surface area contributed by atoms with Crippen LogP contribution in [0.4, 0.5) is 5.00 Å². The predicted octanol–water partition coefficient (Wildman–Crippen LogP) is 6.54. The number of amides is 1. The molecule has 4 rings (SSSR count). The maximum Gasteiger partial charge on any atom is 0.225 e. The highest BCUT2D eigenvalue weighted by Crippen LogP contribution is 2.37. The molecule has 4 aromatic rings. The van der Waals surface area contributed by atoms with E-state index >= 15 is 0 Å². The minimum atomic E-state index is 0.0634. The molecule has 0 radical (unpaired) electrons. The van der Waals surface area contributed by atoms with Gasteiger partial charge in [-0.25, -0.2) is 4.98 Å². The zero-order valence-corrected chi connectivity index (χ0v) is 17.0. The molecule has 0 spiro atoms. The van der Waals surface area contributed by atoms with Gasteiger partial charge in [0.2, 0.25) is 5.91 Å². The summed E-state index contributed by atoms with van der Waals surface area (Å²) in [6.07, 6.45) is 1.38. The van der Waals surface area contributed by atoms with Gasteiger partial charge in [-0.15, -0.1) is 34.4 Å². The first-order chi connectivity index (χ1) is 13.3. The number of fused-ring (bicyclic) bond motifs is 1. The zero-order valence-electron chi connectivity index (χ0n) is 14.6. The number of nitrogens with zero attached hydrogens (tertiary/aromatic N) is 1. The molecule has 6 heteroatoms. The van der Waals surface area contributed by atoms with E-state index in [1.54, 1.807) is 34.4 Å². The van der Waals surface area contributed by atoms with E-state index in [4.69, 9.17) is 4.98 Å². The predicted molar refractivity (Wildman–Crippen MR) is 118 cm³/mol. The van der Waals surface area contributed by atoms with Crippen LogP contribution in [0.3, 0.4) is 0 Å². The van der Waals surface area contributed by atoms with Crippen molar-refractivity contribution in [1.29, 1.82) is 0 Å². The lowest BCUT2D eigenvalue weighted by Crippen LogP contribution is -2.11. The lowest BCUT2D eigenvalue weighted by Gasteiger charge is -2.05. The summed E-state index contributed by atoms with van der Waals surface area (Å²) < 4.78 is 1.16. The summed E-state index contributed by atoms with van der Waals surface area (Å²) in [6.45, 7) is 0. The number of hydrogen-bond donors (Lipinski definition) is 1. The van der Waals surface area contributed by atoms with Crippen LogP contribution in [0.1, 0.15) is 12.8 Å². The van der Waals surface area contributed by atoms with E-state index in [-0.39, 0.29) is 5.91 Å². The Bertz CT molecular complexity index is 1010. The second-order valence-electron chi connectivity index (χ2n) is 5.96. The molecule has 1 N–H and O–H groups in total. The van der Waals surface area contributed by atoms with E-state index in [2.05, 4.69) is 23.5 Å². The van der Waals surface area contributed by atoms with Crippen molar-refractivity contribution in [2.75, 3.05) is 11.1 Å². The molecule has 0 aliphatic carbocycles. The first-order valence-electron chi connectivity index (χ1n) is 8.71. The Kier molecular flexibility index (Phi) is 5.87. The molecule has 3 nitrogen and oxygen atoms in total. The standard InChI is InChI=1S/C21H18N2OS3/c24-19(11-6-13-25-15-7-2-1-3-8-15)23-20-16(12-14-26-20)21-22-17-9-4-5-10-18(17)27-21/h1-5,7-10,12,14H,6,11,13H2,(H,23,24). The number of carbonyl (C=O) groups excluding carboxylic acids is 1. The summed E-state index contributed by atoms with van der Waals surface area (Å²) in [4.78, 5) is 18.3. The third kappa shape index (κ3) is 4.58. The van der Waals surface area contributed by atoms with Crippen LogP contribution >= 0.6 is 34.4 Å². The summed E-state index contributed by atoms with van der Waals surface area (Å²) in [7, 11) is 0. The van der Waals surface area contributed by atoms with E-state index in [1.807, 2.05) is 47.8 Å². The number of hydrogen-bond acceptors (Lipinski definition) is 5. The molecule has 136 valence electrons. The Labute approximate surface area is 170 Å². The molecular weight excluding hydrogens is 392 g/mol. The van der Waals surface area contributed by atoms with Gasteiger partial charge in [-0.2, -0.15) is 0 Å². The number of thiophene rings is 1. The third-order valence-corrected chi connectivity index (χ3v) is 7.00. The van der Waals surface area contributed by atoms with Crippen LogP contribution in [0.15, 0.2) is 70.9 Å². The average molecular weight is 411 g/mol. The second kappa shape index (κ2) is 8.69. The van der Waals surface area contributed by atoms with Gasteiger partial charge in [-0.1, -0.05) is 30.3 Å². The number of thioether (sulfide) groups is 1. The molecule has 0 saturated heterocycles. The summed E-state index contributed by atoms with van der Waals surface area (Å²) in [5, 5.41) is 6.91. The second-order valence-corrected chi connectivity index (χ2v) is 9.08. The summed E-state index contributed by atoms with van der Waals surface area (Å²) >= 11 is 4.99. The number of thiazole rings is 1. The number of para-hydroxylation sites is 1. The van der Waals surface area contributed by atoms with Crippen molar-refractivity contribution in [3.8, 4) is 10.6 Å². The van der Waals surface area contributed by atoms with Crippen LogP contribution in [0.2, 0.25) is 0 Å². The van der Waals surface area contributed by atoms with Crippen molar-refractivity contribution in [3.05, 3.63) is 66.0 Å². The Hall–Kier alpha value is -2.15. The SMILES string of the molecule is O=C(CCCSc1ccccc1)Nc1sccc1-c1nc2ccccc2s1. The van der Waals surface area contributed by atoms with Crippen LogP contribution in [0.5, 0.6) is 0 Å². The lowest BCUT2D eigenvalue weighted by molar-refractivity contribution is -0.116. The maximum atomic E-state index is 12.3. The molecule has 0 aliphatic rings. The smallest absolute Gasteiger partial charge is 0.225 e. The van der Waals surface area contributed by atoms with Crippen molar-refractivity contribution in [2.45, 2.75) is 17.7 Å². The molecule has 0 fully saturated rings. The Balaban J connectivity index is 1.34. The number of nitrogens with one attached hydrogen (secondary N) is 1. The van der Waals surface area contributed by atoms with Gasteiger partial charge in [-0.3, -0.25) is 4.79 Å². The normalized spacial score (nSPS) is 11.0. The number of rotatable bonds is 7. The first kappa shape index (κ1) is 18.2. The third-order valence-electron chi connectivity index (χ3n) is 4.00. The topological polar surface area (TPSA) is 42.0 Å². The van der Waals surface area contributed by atoms with Gasteiger partial charge in [0.1, 0.15) is 10.0 Å². The van der Waals surface area contributed by atoms with Crippen molar-refractivity contribution in [3.63, 3.8) is 0 Å². The zero-order chi connectivity index (χ0) is 18.5. The van der Waals surface area contributed by atoms with E-state index in [0.717, 1.165) is 38.0 Å². The number of anilines is 1. The summed E-state index contributed by atoms with van der Waals surface area (Å²) in [6, 6.07) is 20.4. The Morgan fingerprint density at radius 3 is 2.70 bits per heavy atom. The van der Waals surface area contributed by atoms with E-state index < -0.39 is 0 Å². The average Bonchev–Trinajstić information content (AvgIpc) is 3.32. The molecule has 0 unspecified atom stereocenters. The van der Waals surface area contributed by atoms with Crippen LogP contribution in [0, 0.1) is 0 Å². The van der Waals surface area contributed by atoms with Crippen LogP contribution < -0.4 is 5.32 Å². The molecule has 2 aromatic carbocycles. The molecule has 1 amide bonds. The van der Waals surface area contributed by atoms with E-state index in [9.17, 15) is 4.79 Å². The van der Waals surface area contributed by atoms with Crippen molar-refractivity contribution < 1.29 is 4.79 Å². The van der Waals surface area contributed by atoms with Gasteiger partial charge >= 0.3 is 0 Å². The van der Waals surface area contributed by atoms with Crippen LogP contribution in [-0.2, 0) is 4.79 Å². The highest BCUT2D eigenvalue weighted by atomic mass is 32.2. The van der Waals surface area contributed by atoms with Gasteiger partial charge in [0.25, 0.3) is 0 Å². The lowest BCUT2D eigenvalue weighted by atomic mass is 10.3. The van der Waals surface area contributed by atoms with Crippen LogP contribution in [-0.4, -0.2) is 16.6 Å². The summed E-state index contributed by atoms with van der Waals surface area (Å²) in [5.74, 6) is 1.00. The van der Waals surface area contributed by atoms with Crippen molar-refractivity contribution in [2.24, 2.45) is 0 Å². The highest BCUT2D eigenvalue weighted by molar-refractivity contribution is 7.99. The van der Waals surface area contributed by atoms with Gasteiger partial charge in [0.05, 0.1) is 10.2 Å². The number of benzene rings is 2.